The third kappa shape index (κ3) is 25.8. The van der Waals surface area contributed by atoms with Crippen LogP contribution in [0.5, 0.6) is 0 Å². The third-order valence-electron chi connectivity index (χ3n) is 20.7. The Morgan fingerprint density at radius 3 is 0.911 bits per heavy atom. The Balaban J connectivity index is 0.000000154. The summed E-state index contributed by atoms with van der Waals surface area (Å²) in [6, 6.07) is 36.3. The van der Waals surface area contributed by atoms with Crippen molar-refractivity contribution in [2.45, 2.75) is 43.0 Å². The molecule has 0 spiro atoms. The number of rotatable bonds is 27. The number of aromatic amines is 4. The molecule has 41 nitrogen and oxygen atoms in total. The number of anilines is 8. The Bertz CT molecular complexity index is 8970. The Labute approximate surface area is 864 Å². The Morgan fingerprint density at radius 1 is 0.377 bits per heavy atom. The highest BCUT2D eigenvalue weighted by molar-refractivity contribution is 9.10. The molecular weight excluding hydrogens is 2230 g/mol. The van der Waals surface area contributed by atoms with E-state index in [1.165, 1.54) is 104 Å². The van der Waals surface area contributed by atoms with E-state index in [0.29, 0.717) is 64.2 Å². The maximum Gasteiger partial charge on any atom is 0.333 e. The van der Waals surface area contributed by atoms with Crippen molar-refractivity contribution < 1.29 is 70.4 Å². The van der Waals surface area contributed by atoms with E-state index >= 15 is 0 Å². The largest absolute Gasteiger partial charge is 0.387 e. The van der Waals surface area contributed by atoms with Crippen molar-refractivity contribution >= 4 is 261 Å². The Hall–Kier alpha value is -14.3. The van der Waals surface area contributed by atoms with Gasteiger partial charge in [-0.05, 0) is 243 Å². The molecule has 0 radical (unpaired) electrons. The van der Waals surface area contributed by atoms with Gasteiger partial charge in [-0.25, -0.2) is 127 Å². The second-order valence-electron chi connectivity index (χ2n) is 31.3. The number of benzene rings is 8. The number of H-pyrrole nitrogens is 4. The van der Waals surface area contributed by atoms with Crippen molar-refractivity contribution in [1.82, 2.24) is 62.0 Å². The fourth-order valence-electron chi connectivity index (χ4n) is 13.7. The van der Waals surface area contributed by atoms with Crippen molar-refractivity contribution in [3.63, 3.8) is 0 Å². The SMILES string of the molecule is CCCNc1ccc2c(=O)n(-c3ccc(NC(=O)NS(=O)(=O)c4ccc(Cl)s4)cc3F)c(=O)[nH]c2c1.CN(C)CCNc1ccc2c(=O)n(-c3ccc(NC(=O)NS(=O)(=O)c4ccc(Cl)s4)cc3F)c(=O)[nH]c2c1.CNc1cc2[nH]c(=O)n(-c3ccc(NC(=O)NS(=O)(=O)c4ccc(Cl)s4)cc3F)c(=O)c2cc1Br.O=C(Nc1ccc(-n2c(=O)[nH]c3cc(NCC4CC4)ccc3c2=O)c(F)c1)NS(=O)(=O)c1ccc(Cl)s1. The molecule has 16 aromatic rings. The Morgan fingerprint density at radius 2 is 0.651 bits per heavy atom. The molecule has 8 aromatic carbocycles. The van der Waals surface area contributed by atoms with Crippen LogP contribution in [0.25, 0.3) is 66.4 Å². The molecule has 0 saturated heterocycles. The van der Waals surface area contributed by atoms with Crippen molar-refractivity contribution in [1.29, 1.82) is 0 Å². The van der Waals surface area contributed by atoms with E-state index in [1.807, 2.05) is 25.9 Å². The van der Waals surface area contributed by atoms with E-state index in [9.17, 15) is 109 Å². The smallest absolute Gasteiger partial charge is 0.333 e. The van der Waals surface area contributed by atoms with Crippen LogP contribution in [0, 0.1) is 29.2 Å². The number of fused-ring (bicyclic) bond motifs is 4. The average Bonchev–Trinajstić information content (AvgIpc) is 0.829. The van der Waals surface area contributed by atoms with Crippen molar-refractivity contribution in [2.24, 2.45) is 5.92 Å². The topological polar surface area (TPSA) is 572 Å². The lowest BCUT2D eigenvalue weighted by Crippen LogP contribution is -2.35. The van der Waals surface area contributed by atoms with E-state index in [4.69, 9.17) is 46.4 Å². The summed E-state index contributed by atoms with van der Waals surface area (Å²) in [5.74, 6) is -3.34. The predicted octanol–water partition coefficient (Wildman–Crippen LogP) is 14.6. The summed E-state index contributed by atoms with van der Waals surface area (Å²) >= 11 is 29.3. The lowest BCUT2D eigenvalue weighted by atomic mass is 10.2. The van der Waals surface area contributed by atoms with Crippen molar-refractivity contribution in [2.75, 3.05) is 89.9 Å². The highest BCUT2D eigenvalue weighted by atomic mass is 79.9. The molecule has 762 valence electrons. The summed E-state index contributed by atoms with van der Waals surface area (Å²) in [5.41, 5.74) is -4.20. The van der Waals surface area contributed by atoms with Crippen molar-refractivity contribution in [3.05, 3.63) is 316 Å². The summed E-state index contributed by atoms with van der Waals surface area (Å²) in [6.45, 7) is 4.95. The van der Waals surface area contributed by atoms with E-state index in [-0.39, 0.29) is 112 Å². The molecule has 8 amide bonds. The molecular formula is C88H74BrCl4F4N21O20S8. The lowest BCUT2D eigenvalue weighted by Gasteiger charge is -2.13. The minimum absolute atomic E-state index is 0.102. The first-order valence-corrected chi connectivity index (χ1v) is 53.6. The number of likely N-dealkylation sites (N-methyl/N-ethyl adjacent to an activating group) is 1. The van der Waals surface area contributed by atoms with Gasteiger partial charge in [0, 0.05) is 77.5 Å². The summed E-state index contributed by atoms with van der Waals surface area (Å²) in [6.07, 6.45) is 3.24. The molecule has 1 aliphatic rings. The summed E-state index contributed by atoms with van der Waals surface area (Å²) in [5, 5.41) is 22.0. The molecule has 0 unspecified atom stereocenters. The second-order valence-corrected chi connectivity index (χ2v) is 46.7. The molecule has 0 bridgehead atoms. The number of thiophene rings is 4. The number of urea groups is 4. The molecule has 8 aromatic heterocycles. The minimum Gasteiger partial charge on any atom is -0.387 e. The van der Waals surface area contributed by atoms with Gasteiger partial charge in [-0.15, -0.1) is 45.3 Å². The number of amides is 8. The maximum atomic E-state index is 15.0. The highest BCUT2D eigenvalue weighted by Gasteiger charge is 2.29. The van der Waals surface area contributed by atoms with Gasteiger partial charge in [0.2, 0.25) is 0 Å². The van der Waals surface area contributed by atoms with Crippen LogP contribution in [0.15, 0.2) is 248 Å². The maximum absolute atomic E-state index is 15.0. The molecule has 0 atom stereocenters. The van der Waals surface area contributed by atoms with Crippen LogP contribution in [0.1, 0.15) is 26.2 Å². The van der Waals surface area contributed by atoms with Gasteiger partial charge >= 0.3 is 46.9 Å². The van der Waals surface area contributed by atoms with Gasteiger partial charge in [0.05, 0.1) is 89.4 Å². The number of sulfonamides is 4. The zero-order chi connectivity index (χ0) is 105. The van der Waals surface area contributed by atoms with Crippen LogP contribution < -0.4 is 106 Å². The molecule has 0 aliphatic heterocycles. The van der Waals surface area contributed by atoms with Crippen molar-refractivity contribution in [3.8, 4) is 22.7 Å². The highest BCUT2D eigenvalue weighted by Crippen LogP contribution is 2.34. The number of nitrogens with one attached hydrogen (secondary N) is 16. The predicted molar refractivity (Wildman–Crippen MR) is 559 cm³/mol. The molecule has 146 heavy (non-hydrogen) atoms. The van der Waals surface area contributed by atoms with E-state index in [2.05, 4.69) is 78.4 Å². The van der Waals surface area contributed by atoms with Crippen LogP contribution in [0.3, 0.4) is 0 Å². The number of hydrogen-bond acceptors (Lipinski definition) is 29. The van der Waals surface area contributed by atoms with E-state index in [0.717, 1.165) is 125 Å². The lowest BCUT2D eigenvalue weighted by molar-refractivity contribution is 0.255. The van der Waals surface area contributed by atoms with Crippen LogP contribution in [-0.2, 0) is 40.1 Å². The van der Waals surface area contributed by atoms with Crippen LogP contribution in [0.4, 0.5) is 82.2 Å². The van der Waals surface area contributed by atoms with Gasteiger partial charge in [-0.2, -0.15) is 0 Å². The fraction of sp³-hybridized carbons (Fsp3) is 0.136. The second kappa shape index (κ2) is 45.2. The first-order valence-electron chi connectivity index (χ1n) is 42.1. The third-order valence-corrected chi connectivity index (χ3v) is 33.5. The van der Waals surface area contributed by atoms with Gasteiger partial charge in [0.1, 0.15) is 40.1 Å². The molecule has 1 aliphatic carbocycles. The van der Waals surface area contributed by atoms with Crippen LogP contribution in [0.2, 0.25) is 17.3 Å². The molecule has 1 fully saturated rings. The van der Waals surface area contributed by atoms with Crippen LogP contribution >= 0.6 is 108 Å². The summed E-state index contributed by atoms with van der Waals surface area (Å²) in [4.78, 5) is 164. The number of carbonyl (C=O) groups is 4. The van der Waals surface area contributed by atoms with Gasteiger partial charge in [0.25, 0.3) is 62.3 Å². The molecule has 1 saturated carbocycles. The molecule has 8 heterocycles. The molecule has 16 N–H and O–H groups in total. The number of halogens is 9. The van der Waals surface area contributed by atoms with Gasteiger partial charge in [-0.1, -0.05) is 53.3 Å². The van der Waals surface area contributed by atoms with E-state index in [1.54, 1.807) is 74.5 Å². The average molecular weight is 2300 g/mol. The molecule has 17 rings (SSSR count). The van der Waals surface area contributed by atoms with Crippen LogP contribution in [-0.4, -0.2) is 148 Å². The molecule has 58 heteroatoms. The number of hydrogen-bond donors (Lipinski definition) is 16. The fourth-order valence-corrected chi connectivity index (χ4v) is 23.8. The standard InChI is InChI=1S/C23H22ClFN6O5S2.C23H19ClFN5O5S2.C22H19ClFN5O5S2.C20H14BrClFN5O5S2/c1-30(2)10-9-26-13-3-5-15-17(12-13)28-23(34)31(21(15)32)18-6-4-14(11-16(18)25)27-22(33)29-38(35,36)20-8-7-19(24)37-20;24-19-7-8-20(36-19)37(34,35)29-22(32)27-14-4-6-18(16(25)9-14)30-21(31)15-5-3-13(26-11-12-1-2-12)10-17(15)28-23(30)33;1-2-9-25-12-3-5-14-16(11-12)27-22(32)29(20(14)30)17-6-4-13(10-15(17)24)26-21(31)28-36(33,34)19-8-7-18(23)35-19;1-24-14-8-13-10(7-11(14)21)18(29)28(20(31)26-13)15-3-2-9(6-12(15)23)25-19(30)27-35(32,33)17-5-4-16(22)34-17/h3-8,11-12,26H,9-10H2,1-2H3,(H,28,34)(H2,27,29,33);3-10,12,26H,1-2,11H2,(H,28,33)(H2,27,29,32);3-8,10-11,25H,2,9H2,1H3,(H,27,32)(H2,26,28,31);2-8,24H,1H3,(H,26,31)(H2,25,27,30). The Kier molecular flexibility index (Phi) is 33.2. The quantitative estimate of drug-likeness (QED) is 0.0213. The summed E-state index contributed by atoms with van der Waals surface area (Å²) < 4.78 is 168. The zero-order valence-electron chi connectivity index (χ0n) is 75.0. The van der Waals surface area contributed by atoms with Gasteiger partial charge in [-0.3, -0.25) is 19.2 Å². The van der Waals surface area contributed by atoms with E-state index < -0.39 is 132 Å². The van der Waals surface area contributed by atoms with Gasteiger partial charge < -0.3 is 67.4 Å². The number of nitrogens with zero attached hydrogens (tertiary/aromatic N) is 5. The zero-order valence-corrected chi connectivity index (χ0v) is 86.1. The summed E-state index contributed by atoms with van der Waals surface area (Å²) in [7, 11) is -11.2. The first kappa shape index (κ1) is 107. The number of aromatic nitrogens is 8. The minimum atomic E-state index is -4.18. The monoisotopic (exact) mass is 2300 g/mol. The normalized spacial score (nSPS) is 12.0. The first-order chi connectivity index (χ1) is 69.1. The number of carbonyl (C=O) groups excluding carboxylic acids is 4. The van der Waals surface area contributed by atoms with Gasteiger partial charge in [0.15, 0.2) is 0 Å².